The van der Waals surface area contributed by atoms with Gasteiger partial charge in [-0.15, -0.1) is 0 Å². The highest BCUT2D eigenvalue weighted by atomic mass is 16.5. The minimum Gasteiger partial charge on any atom is -0.461 e. The maximum Gasteiger partial charge on any atom is 0.326 e. The highest BCUT2D eigenvalue weighted by Gasteiger charge is 2.61. The van der Waals surface area contributed by atoms with Crippen molar-refractivity contribution in [2.45, 2.75) is 58.0 Å². The fourth-order valence-corrected chi connectivity index (χ4v) is 7.48. The van der Waals surface area contributed by atoms with Gasteiger partial charge in [0.05, 0.1) is 11.8 Å². The molecule has 1 saturated carbocycles. The zero-order valence-electron chi connectivity index (χ0n) is 20.6. The lowest BCUT2D eigenvalue weighted by Gasteiger charge is -2.45. The van der Waals surface area contributed by atoms with Gasteiger partial charge in [0.1, 0.15) is 12.6 Å². The average molecular weight is 472 g/mol. The molecule has 5 aliphatic rings. The Morgan fingerprint density at radius 3 is 1.83 bits per heavy atom. The first kappa shape index (κ1) is 22.5. The predicted octanol–water partition coefficient (Wildman–Crippen LogP) is 4.88. The van der Waals surface area contributed by atoms with E-state index in [-0.39, 0.29) is 36.3 Å². The number of esters is 1. The van der Waals surface area contributed by atoms with Crippen LogP contribution in [0.5, 0.6) is 0 Å². The molecule has 2 fully saturated rings. The lowest BCUT2D eigenvalue weighted by atomic mass is 9.55. The summed E-state index contributed by atoms with van der Waals surface area (Å²) in [6, 6.07) is 16.4. The number of hydrogen-bond donors (Lipinski definition) is 0. The van der Waals surface area contributed by atoms with Crippen molar-refractivity contribution >= 4 is 17.8 Å². The van der Waals surface area contributed by atoms with E-state index in [0.29, 0.717) is 17.8 Å². The van der Waals surface area contributed by atoms with Gasteiger partial charge in [0, 0.05) is 11.8 Å². The van der Waals surface area contributed by atoms with Gasteiger partial charge in [-0.3, -0.25) is 19.3 Å². The van der Waals surface area contributed by atoms with E-state index in [2.05, 4.69) is 45.0 Å². The Kier molecular flexibility index (Phi) is 5.35. The highest BCUT2D eigenvalue weighted by Crippen LogP contribution is 2.60. The zero-order valence-corrected chi connectivity index (χ0v) is 20.6. The first-order valence-corrected chi connectivity index (χ1v) is 13.1. The molecule has 182 valence electrons. The Bertz CT molecular complexity index is 1090. The molecular weight excluding hydrogens is 438 g/mol. The van der Waals surface area contributed by atoms with Crippen LogP contribution in [0, 0.1) is 29.6 Å². The van der Waals surface area contributed by atoms with Gasteiger partial charge in [0.15, 0.2) is 0 Å². The minimum absolute atomic E-state index is 0.147. The van der Waals surface area contributed by atoms with Crippen LogP contribution in [0.15, 0.2) is 48.5 Å². The zero-order chi connectivity index (χ0) is 24.4. The quantitative estimate of drug-likeness (QED) is 0.471. The lowest BCUT2D eigenvalue weighted by molar-refractivity contribution is -0.161. The molecule has 5 unspecified atom stereocenters. The van der Waals surface area contributed by atoms with Crippen LogP contribution in [0.3, 0.4) is 0 Å². The van der Waals surface area contributed by atoms with E-state index < -0.39 is 17.8 Å². The Hall–Kier alpha value is -2.95. The van der Waals surface area contributed by atoms with Crippen LogP contribution in [-0.4, -0.2) is 35.3 Å². The van der Waals surface area contributed by atoms with E-state index in [1.165, 1.54) is 4.90 Å². The van der Waals surface area contributed by atoms with Crippen molar-refractivity contribution in [3.8, 4) is 0 Å². The number of hydrogen-bond acceptors (Lipinski definition) is 4. The third-order valence-electron chi connectivity index (χ3n) is 9.07. The second kappa shape index (κ2) is 8.32. The Morgan fingerprint density at radius 1 is 0.886 bits per heavy atom. The number of amides is 2. The highest BCUT2D eigenvalue weighted by molar-refractivity contribution is 6.09. The van der Waals surface area contributed by atoms with Gasteiger partial charge in [0.2, 0.25) is 11.8 Å². The van der Waals surface area contributed by atoms with E-state index in [9.17, 15) is 14.4 Å². The second-order valence-electron chi connectivity index (χ2n) is 11.4. The van der Waals surface area contributed by atoms with Crippen LogP contribution >= 0.6 is 0 Å². The summed E-state index contributed by atoms with van der Waals surface area (Å²) in [4.78, 5) is 41.7. The van der Waals surface area contributed by atoms with E-state index in [0.717, 1.165) is 41.5 Å². The molecule has 0 spiro atoms. The van der Waals surface area contributed by atoms with Crippen molar-refractivity contribution in [1.82, 2.24) is 4.90 Å². The topological polar surface area (TPSA) is 63.7 Å². The van der Waals surface area contributed by atoms with Crippen molar-refractivity contribution in [2.24, 2.45) is 29.6 Å². The summed E-state index contributed by atoms with van der Waals surface area (Å²) in [5.41, 5.74) is 4.55. The standard InChI is InChI=1S/C30H33NO4/c1-16(2)18-13-12-17(3)14-23(18)35-24(32)15-31-29(33)27-25-19-8-4-5-9-20(19)26(28(27)30(31)34)22-11-7-6-10-21(22)25/h4-11,16-18,23,25-28H,12-15H2,1-3H3. The molecule has 0 aromatic heterocycles. The number of ether oxygens (including phenoxy) is 1. The molecule has 0 N–H and O–H groups in total. The molecule has 2 bridgehead atoms. The summed E-state index contributed by atoms with van der Waals surface area (Å²) in [6.07, 6.45) is 2.89. The maximum absolute atomic E-state index is 13.7. The number of carbonyl (C=O) groups is 3. The SMILES string of the molecule is CC1CCC(C(C)C)C(OC(=O)CN2C(=O)C3C4c5ccccc5C(c5ccccc54)C3C2=O)C1. The predicted molar refractivity (Wildman–Crippen MR) is 131 cm³/mol. The molecule has 5 nitrogen and oxygen atoms in total. The van der Waals surface area contributed by atoms with Crippen molar-refractivity contribution in [3.05, 3.63) is 70.8 Å². The monoisotopic (exact) mass is 471 g/mol. The van der Waals surface area contributed by atoms with Crippen LogP contribution in [0.2, 0.25) is 0 Å². The number of benzene rings is 2. The van der Waals surface area contributed by atoms with E-state index >= 15 is 0 Å². The first-order valence-electron chi connectivity index (χ1n) is 13.1. The third-order valence-corrected chi connectivity index (χ3v) is 9.07. The molecule has 4 aliphatic carbocycles. The Morgan fingerprint density at radius 2 is 1.37 bits per heavy atom. The van der Waals surface area contributed by atoms with E-state index in [1.54, 1.807) is 0 Å². The van der Waals surface area contributed by atoms with Gasteiger partial charge >= 0.3 is 5.97 Å². The largest absolute Gasteiger partial charge is 0.461 e. The molecule has 1 saturated heterocycles. The number of imide groups is 1. The van der Waals surface area contributed by atoms with Gasteiger partial charge < -0.3 is 4.74 Å². The number of nitrogens with zero attached hydrogens (tertiary/aromatic N) is 1. The summed E-state index contributed by atoms with van der Waals surface area (Å²) in [5, 5.41) is 0. The van der Waals surface area contributed by atoms with Gasteiger partial charge in [-0.2, -0.15) is 0 Å². The first-order chi connectivity index (χ1) is 16.9. The van der Waals surface area contributed by atoms with E-state index in [4.69, 9.17) is 4.74 Å². The van der Waals surface area contributed by atoms with Crippen LogP contribution in [0.25, 0.3) is 0 Å². The summed E-state index contributed by atoms with van der Waals surface area (Å²) < 4.78 is 5.96. The van der Waals surface area contributed by atoms with Crippen LogP contribution in [-0.2, 0) is 19.1 Å². The van der Waals surface area contributed by atoms with Crippen LogP contribution < -0.4 is 0 Å². The van der Waals surface area contributed by atoms with Crippen LogP contribution in [0.1, 0.15) is 74.1 Å². The van der Waals surface area contributed by atoms with Crippen molar-refractivity contribution < 1.29 is 19.1 Å². The molecule has 5 atom stereocenters. The molecule has 1 aliphatic heterocycles. The van der Waals surface area contributed by atoms with Gasteiger partial charge in [0.25, 0.3) is 0 Å². The van der Waals surface area contributed by atoms with Crippen molar-refractivity contribution in [2.75, 3.05) is 6.54 Å². The van der Waals surface area contributed by atoms with Gasteiger partial charge in [-0.1, -0.05) is 75.7 Å². The summed E-state index contributed by atoms with van der Waals surface area (Å²) in [5.74, 6) is -0.883. The number of likely N-dealkylation sites (tertiary alicyclic amines) is 1. The summed E-state index contributed by atoms with van der Waals surface area (Å²) in [7, 11) is 0. The molecule has 1 heterocycles. The normalized spacial score (nSPS) is 32.9. The van der Waals surface area contributed by atoms with Gasteiger partial charge in [-0.05, 0) is 52.8 Å². The third kappa shape index (κ3) is 3.38. The van der Waals surface area contributed by atoms with Gasteiger partial charge in [-0.25, -0.2) is 0 Å². The Balaban J connectivity index is 1.28. The molecule has 0 radical (unpaired) electrons. The fraction of sp³-hybridized carbons (Fsp3) is 0.500. The van der Waals surface area contributed by atoms with Crippen LogP contribution in [0.4, 0.5) is 0 Å². The smallest absolute Gasteiger partial charge is 0.326 e. The van der Waals surface area contributed by atoms with Crippen molar-refractivity contribution in [3.63, 3.8) is 0 Å². The molecule has 7 rings (SSSR count). The van der Waals surface area contributed by atoms with E-state index in [1.807, 2.05) is 24.3 Å². The molecule has 2 amide bonds. The lowest BCUT2D eigenvalue weighted by Crippen LogP contribution is -2.41. The Labute approximate surface area is 206 Å². The summed E-state index contributed by atoms with van der Waals surface area (Å²) >= 11 is 0. The van der Waals surface area contributed by atoms with Crippen molar-refractivity contribution in [1.29, 1.82) is 0 Å². The second-order valence-corrected chi connectivity index (χ2v) is 11.4. The molecule has 35 heavy (non-hydrogen) atoms. The summed E-state index contributed by atoms with van der Waals surface area (Å²) in [6.45, 7) is 6.25. The molecule has 5 heteroatoms. The number of carbonyl (C=O) groups excluding carboxylic acids is 3. The average Bonchev–Trinajstić information content (AvgIpc) is 3.09. The minimum atomic E-state index is -0.461. The maximum atomic E-state index is 13.7. The molecule has 2 aromatic carbocycles. The fourth-order valence-electron chi connectivity index (χ4n) is 7.48. The molecular formula is C30H33NO4. The number of rotatable bonds is 4. The molecule has 2 aromatic rings.